The van der Waals surface area contributed by atoms with Crippen LogP contribution in [-0.4, -0.2) is 31.8 Å². The number of carbonyl (C=O) groups is 1. The molecule has 0 bridgehead atoms. The molecule has 0 saturated heterocycles. The molecule has 0 unspecified atom stereocenters. The Kier molecular flexibility index (Phi) is 6.10. The molecule has 1 amide bonds. The minimum atomic E-state index is -0.0762. The van der Waals surface area contributed by atoms with Crippen LogP contribution in [0.3, 0.4) is 0 Å². The number of nitrogens with one attached hydrogen (secondary N) is 1. The summed E-state index contributed by atoms with van der Waals surface area (Å²) in [4.78, 5) is 27.3. The molecule has 6 nitrogen and oxygen atoms in total. The van der Waals surface area contributed by atoms with Crippen LogP contribution in [0.5, 0.6) is 0 Å². The minimum absolute atomic E-state index is 0.0705. The number of amides is 1. The summed E-state index contributed by atoms with van der Waals surface area (Å²) in [6, 6.07) is 13.9. The van der Waals surface area contributed by atoms with Gasteiger partial charge >= 0.3 is 0 Å². The molecule has 138 valence electrons. The van der Waals surface area contributed by atoms with Gasteiger partial charge < -0.3 is 10.2 Å². The van der Waals surface area contributed by atoms with Crippen LogP contribution in [0.15, 0.2) is 67.3 Å². The third-order valence-corrected chi connectivity index (χ3v) is 4.15. The van der Waals surface area contributed by atoms with E-state index in [1.54, 1.807) is 24.8 Å². The molecule has 3 rings (SSSR count). The van der Waals surface area contributed by atoms with Crippen LogP contribution in [0, 0.1) is 0 Å². The van der Waals surface area contributed by atoms with Gasteiger partial charge in [0.15, 0.2) is 0 Å². The number of nitrogens with zero attached hydrogens (tertiary/aromatic N) is 4. The molecule has 1 aromatic carbocycles. The van der Waals surface area contributed by atoms with Crippen LogP contribution in [0.2, 0.25) is 0 Å². The molecule has 0 aliphatic rings. The van der Waals surface area contributed by atoms with E-state index in [2.05, 4.69) is 20.3 Å². The van der Waals surface area contributed by atoms with E-state index in [0.717, 1.165) is 11.1 Å². The lowest BCUT2D eigenvalue weighted by molar-refractivity contribution is 0.0689. The van der Waals surface area contributed by atoms with Crippen molar-refractivity contribution in [3.63, 3.8) is 0 Å². The lowest BCUT2D eigenvalue weighted by Gasteiger charge is -2.26. The highest BCUT2D eigenvalue weighted by Gasteiger charge is 2.19. The summed E-state index contributed by atoms with van der Waals surface area (Å²) in [5.74, 6) is 0.405. The van der Waals surface area contributed by atoms with Crippen molar-refractivity contribution in [2.24, 2.45) is 0 Å². The number of carbonyl (C=O) groups excluding carboxylic acids is 1. The second-order valence-corrected chi connectivity index (χ2v) is 6.52. The Morgan fingerprint density at radius 3 is 2.33 bits per heavy atom. The van der Waals surface area contributed by atoms with Gasteiger partial charge in [0.1, 0.15) is 0 Å². The molecule has 0 aliphatic carbocycles. The second-order valence-electron chi connectivity index (χ2n) is 6.52. The van der Waals surface area contributed by atoms with Gasteiger partial charge in [0.2, 0.25) is 5.95 Å². The molecule has 2 aromatic heterocycles. The Balaban J connectivity index is 1.66. The zero-order valence-electron chi connectivity index (χ0n) is 15.5. The Hall–Kier alpha value is -3.28. The maximum absolute atomic E-state index is 12.9. The number of aromatic nitrogens is 3. The molecule has 0 atom stereocenters. The maximum atomic E-state index is 12.9. The molecule has 0 spiro atoms. The van der Waals surface area contributed by atoms with E-state index in [1.807, 2.05) is 61.2 Å². The van der Waals surface area contributed by atoms with E-state index < -0.39 is 0 Å². The summed E-state index contributed by atoms with van der Waals surface area (Å²) in [7, 11) is 0. The first-order chi connectivity index (χ1) is 13.1. The monoisotopic (exact) mass is 361 g/mol. The fourth-order valence-corrected chi connectivity index (χ4v) is 2.65. The summed E-state index contributed by atoms with van der Waals surface area (Å²) >= 11 is 0. The van der Waals surface area contributed by atoms with Crippen molar-refractivity contribution in [2.45, 2.75) is 33.0 Å². The van der Waals surface area contributed by atoms with Gasteiger partial charge in [-0.2, -0.15) is 0 Å². The first kappa shape index (κ1) is 18.5. The topological polar surface area (TPSA) is 71.0 Å². The van der Waals surface area contributed by atoms with Crippen LogP contribution in [0.1, 0.15) is 35.3 Å². The van der Waals surface area contributed by atoms with Crippen molar-refractivity contribution < 1.29 is 4.79 Å². The fourth-order valence-electron chi connectivity index (χ4n) is 2.65. The lowest BCUT2D eigenvalue weighted by atomic mass is 10.1. The van der Waals surface area contributed by atoms with E-state index in [1.165, 1.54) is 0 Å². The molecule has 27 heavy (non-hydrogen) atoms. The van der Waals surface area contributed by atoms with Gasteiger partial charge in [-0.05, 0) is 31.0 Å². The van der Waals surface area contributed by atoms with Crippen LogP contribution in [0.4, 0.5) is 5.95 Å². The normalized spacial score (nSPS) is 10.6. The lowest BCUT2D eigenvalue weighted by Crippen LogP contribution is -2.36. The molecular weight excluding hydrogens is 338 g/mol. The van der Waals surface area contributed by atoms with Crippen LogP contribution in [0.25, 0.3) is 0 Å². The van der Waals surface area contributed by atoms with Crippen molar-refractivity contribution in [1.29, 1.82) is 0 Å². The molecular formula is C21H23N5O. The van der Waals surface area contributed by atoms with Crippen molar-refractivity contribution >= 4 is 11.9 Å². The molecule has 2 heterocycles. The van der Waals surface area contributed by atoms with Gasteiger partial charge in [0.05, 0.1) is 5.56 Å². The predicted octanol–water partition coefficient (Wildman–Crippen LogP) is 3.53. The summed E-state index contributed by atoms with van der Waals surface area (Å²) in [6.45, 7) is 5.14. The Morgan fingerprint density at radius 2 is 1.70 bits per heavy atom. The maximum Gasteiger partial charge on any atom is 0.257 e. The van der Waals surface area contributed by atoms with Gasteiger partial charge in [-0.1, -0.05) is 36.4 Å². The summed E-state index contributed by atoms with van der Waals surface area (Å²) < 4.78 is 0. The Labute approximate surface area is 159 Å². The number of hydrogen-bond donors (Lipinski definition) is 1. The molecule has 6 heteroatoms. The highest BCUT2D eigenvalue weighted by molar-refractivity contribution is 5.93. The van der Waals surface area contributed by atoms with E-state index in [0.29, 0.717) is 24.6 Å². The summed E-state index contributed by atoms with van der Waals surface area (Å²) in [5.41, 5.74) is 2.61. The third-order valence-electron chi connectivity index (χ3n) is 4.15. The van der Waals surface area contributed by atoms with Crippen LogP contribution < -0.4 is 5.32 Å². The largest absolute Gasteiger partial charge is 0.350 e. The van der Waals surface area contributed by atoms with Gasteiger partial charge in [-0.15, -0.1) is 0 Å². The van der Waals surface area contributed by atoms with E-state index >= 15 is 0 Å². The molecule has 0 radical (unpaired) electrons. The van der Waals surface area contributed by atoms with Gasteiger partial charge in [0.25, 0.3) is 5.91 Å². The smallest absolute Gasteiger partial charge is 0.257 e. The zero-order chi connectivity index (χ0) is 19.1. The number of benzene rings is 1. The molecule has 0 saturated carbocycles. The Morgan fingerprint density at radius 1 is 1.00 bits per heavy atom. The highest BCUT2D eigenvalue weighted by Crippen LogP contribution is 2.13. The van der Waals surface area contributed by atoms with Crippen LogP contribution >= 0.6 is 0 Å². The van der Waals surface area contributed by atoms with E-state index in [9.17, 15) is 4.79 Å². The van der Waals surface area contributed by atoms with E-state index in [-0.39, 0.29) is 11.9 Å². The zero-order valence-corrected chi connectivity index (χ0v) is 15.5. The molecule has 0 fully saturated rings. The molecule has 3 aromatic rings. The van der Waals surface area contributed by atoms with Crippen molar-refractivity contribution in [3.05, 3.63) is 83.9 Å². The molecule has 1 N–H and O–H groups in total. The molecule has 0 aliphatic heterocycles. The number of hydrogen-bond acceptors (Lipinski definition) is 5. The van der Waals surface area contributed by atoms with Gasteiger partial charge in [-0.3, -0.25) is 9.78 Å². The minimum Gasteiger partial charge on any atom is -0.350 e. The first-order valence-electron chi connectivity index (χ1n) is 8.93. The van der Waals surface area contributed by atoms with E-state index in [4.69, 9.17) is 0 Å². The second kappa shape index (κ2) is 8.89. The van der Waals surface area contributed by atoms with Gasteiger partial charge in [0, 0.05) is 43.9 Å². The number of anilines is 1. The van der Waals surface area contributed by atoms with Crippen molar-refractivity contribution in [1.82, 2.24) is 19.9 Å². The van der Waals surface area contributed by atoms with Crippen LogP contribution in [-0.2, 0) is 13.1 Å². The SMILES string of the molecule is CC(C)N(Cc1ccccc1)C(=O)c1cnc(NCc2cccnc2)nc1. The number of rotatable bonds is 7. The fraction of sp³-hybridized carbons (Fsp3) is 0.238. The van der Waals surface area contributed by atoms with Crippen molar-refractivity contribution in [2.75, 3.05) is 5.32 Å². The average Bonchev–Trinajstić information content (AvgIpc) is 2.72. The quantitative estimate of drug-likeness (QED) is 0.697. The average molecular weight is 361 g/mol. The number of pyridine rings is 1. The van der Waals surface area contributed by atoms with Crippen molar-refractivity contribution in [3.8, 4) is 0 Å². The Bertz CT molecular complexity index is 851. The van der Waals surface area contributed by atoms with Gasteiger partial charge in [-0.25, -0.2) is 9.97 Å². The third kappa shape index (κ3) is 5.10. The first-order valence-corrected chi connectivity index (χ1v) is 8.93. The summed E-state index contributed by atoms with van der Waals surface area (Å²) in [5, 5.41) is 3.13. The standard InChI is InChI=1S/C21H23N5O/c1-16(2)26(15-17-7-4-3-5-8-17)20(27)19-13-24-21(25-14-19)23-12-18-9-6-10-22-11-18/h3-11,13-14,16H,12,15H2,1-2H3,(H,23,24,25). The predicted molar refractivity (Wildman–Crippen MR) is 105 cm³/mol. The summed E-state index contributed by atoms with van der Waals surface area (Å²) in [6.07, 6.45) is 6.66. The highest BCUT2D eigenvalue weighted by atomic mass is 16.2.